The van der Waals surface area contributed by atoms with Crippen LogP contribution in [0.15, 0.2) is 0 Å². The largest absolute Gasteiger partial charge is 0.394 e. The van der Waals surface area contributed by atoms with E-state index in [-0.39, 0.29) is 18.6 Å². The third kappa shape index (κ3) is 3.76. The van der Waals surface area contributed by atoms with Gasteiger partial charge in [0.1, 0.15) is 0 Å². The number of amides is 1. The molecule has 16 heavy (non-hydrogen) atoms. The molecule has 0 aromatic heterocycles. The molecule has 0 spiro atoms. The number of carbonyl (C=O) groups is 1. The fourth-order valence-corrected chi connectivity index (χ4v) is 2.60. The lowest BCUT2D eigenvalue weighted by Gasteiger charge is -2.39. The van der Waals surface area contributed by atoms with Crippen molar-refractivity contribution in [3.8, 4) is 0 Å². The lowest BCUT2D eigenvalue weighted by molar-refractivity contribution is -0.124. The van der Waals surface area contributed by atoms with E-state index in [1.54, 1.807) is 0 Å². The van der Waals surface area contributed by atoms with Crippen molar-refractivity contribution in [2.24, 2.45) is 11.7 Å². The molecule has 3 atom stereocenters. The second kappa shape index (κ2) is 5.64. The van der Waals surface area contributed by atoms with Crippen LogP contribution in [0.4, 0.5) is 0 Å². The van der Waals surface area contributed by atoms with Gasteiger partial charge < -0.3 is 16.2 Å². The van der Waals surface area contributed by atoms with E-state index in [0.29, 0.717) is 12.3 Å². The van der Waals surface area contributed by atoms with Crippen LogP contribution in [0, 0.1) is 5.92 Å². The van der Waals surface area contributed by atoms with E-state index in [0.717, 1.165) is 19.3 Å². The summed E-state index contributed by atoms with van der Waals surface area (Å²) in [6.45, 7) is 4.01. The Hall–Kier alpha value is -0.610. The third-order valence-corrected chi connectivity index (χ3v) is 3.31. The maximum Gasteiger partial charge on any atom is 0.222 e. The zero-order valence-electron chi connectivity index (χ0n) is 10.3. The van der Waals surface area contributed by atoms with E-state index < -0.39 is 5.54 Å². The summed E-state index contributed by atoms with van der Waals surface area (Å²) in [6, 6.07) is -0.128. The molecule has 4 heteroatoms. The quantitative estimate of drug-likeness (QED) is 0.665. The van der Waals surface area contributed by atoms with Gasteiger partial charge in [-0.2, -0.15) is 0 Å². The van der Waals surface area contributed by atoms with Crippen molar-refractivity contribution in [1.29, 1.82) is 0 Å². The Balaban J connectivity index is 2.55. The van der Waals surface area contributed by atoms with Crippen LogP contribution in [-0.2, 0) is 4.79 Å². The van der Waals surface area contributed by atoms with Gasteiger partial charge in [-0.1, -0.05) is 19.8 Å². The normalized spacial score (nSPS) is 32.1. The number of aliphatic hydroxyl groups excluding tert-OH is 1. The minimum absolute atomic E-state index is 0.0298. The predicted octanol–water partition coefficient (Wildman–Crippen LogP) is 0.781. The Morgan fingerprint density at radius 1 is 1.69 bits per heavy atom. The summed E-state index contributed by atoms with van der Waals surface area (Å²) < 4.78 is 0. The van der Waals surface area contributed by atoms with Crippen LogP contribution in [0.2, 0.25) is 0 Å². The second-order valence-corrected chi connectivity index (χ2v) is 5.37. The average Bonchev–Trinajstić information content (AvgIpc) is 2.16. The van der Waals surface area contributed by atoms with Crippen molar-refractivity contribution in [2.75, 3.05) is 6.61 Å². The molecular weight excluding hydrogens is 204 g/mol. The molecule has 0 aromatic rings. The number of hydrogen-bond donors (Lipinski definition) is 3. The van der Waals surface area contributed by atoms with Gasteiger partial charge in [0.05, 0.1) is 12.1 Å². The van der Waals surface area contributed by atoms with Gasteiger partial charge in [0.15, 0.2) is 0 Å². The molecule has 0 aromatic carbocycles. The molecule has 3 unspecified atom stereocenters. The number of rotatable bonds is 4. The highest BCUT2D eigenvalue weighted by Gasteiger charge is 2.35. The Morgan fingerprint density at radius 2 is 2.38 bits per heavy atom. The van der Waals surface area contributed by atoms with E-state index >= 15 is 0 Å². The van der Waals surface area contributed by atoms with E-state index in [2.05, 4.69) is 12.2 Å². The first-order valence-electron chi connectivity index (χ1n) is 6.15. The van der Waals surface area contributed by atoms with E-state index in [9.17, 15) is 9.90 Å². The van der Waals surface area contributed by atoms with Gasteiger partial charge in [-0.3, -0.25) is 4.79 Å². The van der Waals surface area contributed by atoms with Gasteiger partial charge in [0.2, 0.25) is 5.91 Å². The molecule has 1 saturated carbocycles. The summed E-state index contributed by atoms with van der Waals surface area (Å²) in [4.78, 5) is 11.7. The van der Waals surface area contributed by atoms with Crippen LogP contribution < -0.4 is 11.1 Å². The van der Waals surface area contributed by atoms with Gasteiger partial charge in [-0.05, 0) is 25.7 Å². The summed E-state index contributed by atoms with van der Waals surface area (Å²) in [7, 11) is 0. The molecule has 1 aliphatic rings. The van der Waals surface area contributed by atoms with Crippen LogP contribution in [0.5, 0.6) is 0 Å². The first kappa shape index (κ1) is 13.5. The summed E-state index contributed by atoms with van der Waals surface area (Å²) in [6.07, 6.45) is 4.33. The number of nitrogens with one attached hydrogen (secondary N) is 1. The van der Waals surface area contributed by atoms with Gasteiger partial charge in [-0.15, -0.1) is 0 Å². The van der Waals surface area contributed by atoms with Crippen molar-refractivity contribution < 1.29 is 9.90 Å². The number of aliphatic hydroxyl groups is 1. The van der Waals surface area contributed by atoms with E-state index in [4.69, 9.17) is 5.73 Å². The zero-order chi connectivity index (χ0) is 12.2. The minimum atomic E-state index is -0.399. The monoisotopic (exact) mass is 228 g/mol. The topological polar surface area (TPSA) is 75.4 Å². The molecule has 0 saturated heterocycles. The first-order valence-corrected chi connectivity index (χ1v) is 6.15. The number of carbonyl (C=O) groups excluding carboxylic acids is 1. The van der Waals surface area contributed by atoms with Crippen LogP contribution in [-0.4, -0.2) is 29.2 Å². The summed E-state index contributed by atoms with van der Waals surface area (Å²) in [5.74, 6) is 0.523. The Labute approximate surface area is 97.6 Å². The predicted molar refractivity (Wildman–Crippen MR) is 63.9 cm³/mol. The second-order valence-electron chi connectivity index (χ2n) is 5.37. The first-order chi connectivity index (χ1) is 7.47. The molecule has 0 aliphatic heterocycles. The fraction of sp³-hybridized carbons (Fsp3) is 0.917. The molecule has 0 bridgehead atoms. The van der Waals surface area contributed by atoms with Crippen LogP contribution >= 0.6 is 0 Å². The molecule has 4 N–H and O–H groups in total. The van der Waals surface area contributed by atoms with Crippen molar-refractivity contribution in [3.05, 3.63) is 0 Å². The number of nitrogens with two attached hydrogens (primary N) is 1. The molecule has 1 fully saturated rings. The molecule has 94 valence electrons. The van der Waals surface area contributed by atoms with Gasteiger partial charge in [-0.25, -0.2) is 0 Å². The van der Waals surface area contributed by atoms with Crippen molar-refractivity contribution in [3.63, 3.8) is 0 Å². The maximum absolute atomic E-state index is 11.7. The molecule has 1 amide bonds. The summed E-state index contributed by atoms with van der Waals surface area (Å²) >= 11 is 0. The van der Waals surface area contributed by atoms with Crippen LogP contribution in [0.3, 0.4) is 0 Å². The Kier molecular flexibility index (Phi) is 4.74. The van der Waals surface area contributed by atoms with Crippen LogP contribution in [0.25, 0.3) is 0 Å². The van der Waals surface area contributed by atoms with Gasteiger partial charge in [0.25, 0.3) is 0 Å². The zero-order valence-corrected chi connectivity index (χ0v) is 10.3. The van der Waals surface area contributed by atoms with Crippen molar-refractivity contribution >= 4 is 5.91 Å². The van der Waals surface area contributed by atoms with Gasteiger partial charge >= 0.3 is 0 Å². The maximum atomic E-state index is 11.7. The molecule has 1 rings (SSSR count). The van der Waals surface area contributed by atoms with Crippen molar-refractivity contribution in [1.82, 2.24) is 5.32 Å². The van der Waals surface area contributed by atoms with Gasteiger partial charge in [0, 0.05) is 12.5 Å². The SMILES string of the molecule is CC(N)CC(=O)NC1(CO)CCCC(C)C1. The summed E-state index contributed by atoms with van der Waals surface area (Å²) in [5.41, 5.74) is 5.19. The van der Waals surface area contributed by atoms with Crippen LogP contribution in [0.1, 0.15) is 46.0 Å². The average molecular weight is 228 g/mol. The highest BCUT2D eigenvalue weighted by atomic mass is 16.3. The molecular formula is C12H24N2O2. The third-order valence-electron chi connectivity index (χ3n) is 3.31. The Bertz CT molecular complexity index is 243. The van der Waals surface area contributed by atoms with E-state index in [1.807, 2.05) is 6.92 Å². The molecule has 4 nitrogen and oxygen atoms in total. The lowest BCUT2D eigenvalue weighted by Crippen LogP contribution is -2.54. The van der Waals surface area contributed by atoms with Crippen molar-refractivity contribution in [2.45, 2.75) is 57.5 Å². The van der Waals surface area contributed by atoms with E-state index in [1.165, 1.54) is 6.42 Å². The molecule has 1 aliphatic carbocycles. The molecule has 0 radical (unpaired) electrons. The fourth-order valence-electron chi connectivity index (χ4n) is 2.60. The standard InChI is InChI=1S/C12H24N2O2/c1-9-4-3-5-12(7-9,8-15)14-11(16)6-10(2)13/h9-10,15H,3-8,13H2,1-2H3,(H,14,16). The molecule has 0 heterocycles. The highest BCUT2D eigenvalue weighted by Crippen LogP contribution is 2.31. The summed E-state index contributed by atoms with van der Waals surface area (Å²) in [5, 5.41) is 12.5. The smallest absolute Gasteiger partial charge is 0.222 e. The number of hydrogen-bond acceptors (Lipinski definition) is 3. The highest BCUT2D eigenvalue weighted by molar-refractivity contribution is 5.77. The lowest BCUT2D eigenvalue weighted by atomic mass is 9.76. The minimum Gasteiger partial charge on any atom is -0.394 e. The Morgan fingerprint density at radius 3 is 2.88 bits per heavy atom.